The fraction of sp³-hybridized carbons (Fsp3) is 0.316. The third kappa shape index (κ3) is 4.46. The minimum Gasteiger partial charge on any atom is -0.453 e. The molecule has 132 valence electrons. The first-order chi connectivity index (χ1) is 12.1. The van der Waals surface area contributed by atoms with Crippen LogP contribution in [0.3, 0.4) is 0 Å². The topological polar surface area (TPSA) is 41.6 Å². The van der Waals surface area contributed by atoms with Crippen LogP contribution in [0.1, 0.15) is 17.0 Å². The number of methoxy groups -OCH3 is 1. The number of rotatable bonds is 4. The lowest BCUT2D eigenvalue weighted by Crippen LogP contribution is -2.39. The Hall–Kier alpha value is -1.75. The van der Waals surface area contributed by atoms with E-state index in [0.717, 1.165) is 25.2 Å². The molecule has 6 heteroatoms. The second-order valence-electron chi connectivity index (χ2n) is 6.20. The van der Waals surface area contributed by atoms with Crippen molar-refractivity contribution in [2.45, 2.75) is 18.5 Å². The quantitative estimate of drug-likeness (QED) is 0.861. The molecule has 0 bridgehead atoms. The summed E-state index contributed by atoms with van der Waals surface area (Å²) in [5.74, 6) is 0.123. The first-order valence-corrected chi connectivity index (χ1v) is 8.88. The lowest BCUT2D eigenvalue weighted by Gasteiger charge is -2.20. The summed E-state index contributed by atoms with van der Waals surface area (Å²) < 4.78 is 4.78. The first kappa shape index (κ1) is 18.1. The average molecular weight is 379 g/mol. The Morgan fingerprint density at radius 3 is 2.60 bits per heavy atom. The van der Waals surface area contributed by atoms with Crippen molar-refractivity contribution in [3.63, 3.8) is 0 Å². The van der Waals surface area contributed by atoms with Gasteiger partial charge in [-0.05, 0) is 23.3 Å². The third-order valence-electron chi connectivity index (χ3n) is 4.50. The van der Waals surface area contributed by atoms with Gasteiger partial charge in [-0.3, -0.25) is 4.90 Å². The van der Waals surface area contributed by atoms with Gasteiger partial charge in [-0.2, -0.15) is 0 Å². The maximum Gasteiger partial charge on any atom is 0.407 e. The molecule has 1 saturated heterocycles. The summed E-state index contributed by atoms with van der Waals surface area (Å²) in [6.07, 6.45) is -0.420. The van der Waals surface area contributed by atoms with Gasteiger partial charge in [0.25, 0.3) is 0 Å². The van der Waals surface area contributed by atoms with Gasteiger partial charge in [-0.15, -0.1) is 0 Å². The van der Waals surface area contributed by atoms with Crippen molar-refractivity contribution in [2.24, 2.45) is 0 Å². The molecule has 0 spiro atoms. The predicted octanol–water partition coefficient (Wildman–Crippen LogP) is 4.32. The molecule has 0 aliphatic carbocycles. The number of ether oxygens (including phenoxy) is 1. The number of hydrogen-bond acceptors (Lipinski definition) is 3. The van der Waals surface area contributed by atoms with Gasteiger partial charge < -0.3 is 10.1 Å². The number of hydrogen-bond donors (Lipinski definition) is 1. The van der Waals surface area contributed by atoms with E-state index in [1.54, 1.807) is 6.07 Å². The van der Waals surface area contributed by atoms with E-state index in [1.165, 1.54) is 12.7 Å². The van der Waals surface area contributed by atoms with Crippen molar-refractivity contribution in [1.82, 2.24) is 10.2 Å². The van der Waals surface area contributed by atoms with Crippen LogP contribution in [0.15, 0.2) is 48.5 Å². The molecule has 2 aromatic rings. The summed E-state index contributed by atoms with van der Waals surface area (Å²) in [5.41, 5.74) is 2.31. The predicted molar refractivity (Wildman–Crippen MR) is 100 cm³/mol. The highest BCUT2D eigenvalue weighted by atomic mass is 35.5. The van der Waals surface area contributed by atoms with Crippen molar-refractivity contribution >= 4 is 29.3 Å². The summed E-state index contributed by atoms with van der Waals surface area (Å²) >= 11 is 12.2. The van der Waals surface area contributed by atoms with Crippen molar-refractivity contribution in [3.05, 3.63) is 69.7 Å². The van der Waals surface area contributed by atoms with Crippen LogP contribution in [-0.4, -0.2) is 37.2 Å². The van der Waals surface area contributed by atoms with Crippen LogP contribution in [0, 0.1) is 0 Å². The molecule has 2 atom stereocenters. The highest BCUT2D eigenvalue weighted by Crippen LogP contribution is 2.32. The molecule has 1 N–H and O–H groups in total. The Morgan fingerprint density at radius 1 is 1.16 bits per heavy atom. The minimum atomic E-state index is -0.420. The lowest BCUT2D eigenvalue weighted by atomic mass is 9.94. The molecule has 25 heavy (non-hydrogen) atoms. The zero-order chi connectivity index (χ0) is 17.8. The Balaban J connectivity index is 1.79. The number of benzene rings is 2. The number of halogens is 2. The maximum atomic E-state index is 11.7. The molecule has 3 rings (SSSR count). The van der Waals surface area contributed by atoms with Crippen molar-refractivity contribution in [1.29, 1.82) is 0 Å². The number of nitrogens with zero attached hydrogens (tertiary/aromatic N) is 1. The molecular weight excluding hydrogens is 359 g/mol. The van der Waals surface area contributed by atoms with Crippen LogP contribution in [-0.2, 0) is 11.3 Å². The summed E-state index contributed by atoms with van der Waals surface area (Å²) in [4.78, 5) is 14.1. The zero-order valence-corrected chi connectivity index (χ0v) is 15.4. The fourth-order valence-electron chi connectivity index (χ4n) is 3.29. The van der Waals surface area contributed by atoms with E-state index in [-0.39, 0.29) is 12.0 Å². The molecule has 1 aliphatic heterocycles. The average Bonchev–Trinajstić information content (AvgIpc) is 3.00. The smallest absolute Gasteiger partial charge is 0.407 e. The van der Waals surface area contributed by atoms with E-state index < -0.39 is 6.09 Å². The van der Waals surface area contributed by atoms with Crippen molar-refractivity contribution in [3.8, 4) is 0 Å². The molecular formula is C19H20Cl2N2O2. The van der Waals surface area contributed by atoms with E-state index in [2.05, 4.69) is 22.3 Å². The van der Waals surface area contributed by atoms with Crippen molar-refractivity contribution < 1.29 is 9.53 Å². The van der Waals surface area contributed by atoms with Crippen LogP contribution in [0.5, 0.6) is 0 Å². The summed E-state index contributed by atoms with van der Waals surface area (Å²) in [5, 5.41) is 4.00. The summed E-state index contributed by atoms with van der Waals surface area (Å²) in [6.45, 7) is 2.40. The van der Waals surface area contributed by atoms with Gasteiger partial charge in [0.2, 0.25) is 0 Å². The normalized spacial score (nSPS) is 20.4. The number of alkyl carbamates (subject to hydrolysis) is 1. The van der Waals surface area contributed by atoms with Gasteiger partial charge in [0.15, 0.2) is 0 Å². The first-order valence-electron chi connectivity index (χ1n) is 8.12. The molecule has 4 nitrogen and oxygen atoms in total. The molecule has 0 aromatic heterocycles. The standard InChI is InChI=1S/C19H20Cl2N2O2/c1-25-19(24)22-18-12-23(10-13-5-3-2-4-6-13)11-15(18)14-7-8-16(20)17(21)9-14/h2-9,15,18H,10-12H2,1H3,(H,22,24)/t15-,18+/m0/s1. The number of likely N-dealkylation sites (tertiary alicyclic amines) is 1. The van der Waals surface area contributed by atoms with Gasteiger partial charge >= 0.3 is 6.09 Å². The van der Waals surface area contributed by atoms with Gasteiger partial charge in [-0.1, -0.05) is 59.6 Å². The summed E-state index contributed by atoms with van der Waals surface area (Å²) in [6, 6.07) is 15.9. The van der Waals surface area contributed by atoms with E-state index in [0.29, 0.717) is 10.0 Å². The number of amides is 1. The van der Waals surface area contributed by atoms with Crippen LogP contribution in [0.2, 0.25) is 10.0 Å². The van der Waals surface area contributed by atoms with Gasteiger partial charge in [0.1, 0.15) is 0 Å². The molecule has 0 radical (unpaired) electrons. The Labute approximate surface area is 157 Å². The zero-order valence-electron chi connectivity index (χ0n) is 13.9. The van der Waals surface area contributed by atoms with Gasteiger partial charge in [0.05, 0.1) is 23.2 Å². The van der Waals surface area contributed by atoms with Gasteiger partial charge in [0, 0.05) is 25.6 Å². The maximum absolute atomic E-state index is 11.7. The van der Waals surface area contributed by atoms with E-state index in [9.17, 15) is 4.79 Å². The Bertz CT molecular complexity index is 739. The monoisotopic (exact) mass is 378 g/mol. The van der Waals surface area contributed by atoms with E-state index in [4.69, 9.17) is 27.9 Å². The molecule has 1 heterocycles. The SMILES string of the molecule is COC(=O)N[C@@H]1CN(Cc2ccccc2)C[C@H]1c1ccc(Cl)c(Cl)c1. The Kier molecular flexibility index (Phi) is 5.84. The van der Waals surface area contributed by atoms with Crippen molar-refractivity contribution in [2.75, 3.05) is 20.2 Å². The fourth-order valence-corrected chi connectivity index (χ4v) is 3.60. The number of carbonyl (C=O) groups excluding carboxylic acids is 1. The third-order valence-corrected chi connectivity index (χ3v) is 5.24. The Morgan fingerprint density at radius 2 is 1.92 bits per heavy atom. The largest absolute Gasteiger partial charge is 0.453 e. The van der Waals surface area contributed by atoms with Gasteiger partial charge in [-0.25, -0.2) is 4.79 Å². The minimum absolute atomic E-state index is 0.0478. The van der Waals surface area contributed by atoms with Crippen LogP contribution >= 0.6 is 23.2 Å². The number of nitrogens with one attached hydrogen (secondary N) is 1. The highest BCUT2D eigenvalue weighted by Gasteiger charge is 2.35. The molecule has 1 aliphatic rings. The molecule has 0 unspecified atom stereocenters. The highest BCUT2D eigenvalue weighted by molar-refractivity contribution is 6.42. The second-order valence-corrected chi connectivity index (χ2v) is 7.02. The second kappa shape index (κ2) is 8.09. The number of carbonyl (C=O) groups is 1. The molecule has 0 saturated carbocycles. The van der Waals surface area contributed by atoms with Crippen LogP contribution in [0.25, 0.3) is 0 Å². The van der Waals surface area contributed by atoms with Crippen LogP contribution in [0.4, 0.5) is 4.79 Å². The van der Waals surface area contributed by atoms with E-state index in [1.807, 2.05) is 30.3 Å². The molecule has 2 aromatic carbocycles. The lowest BCUT2D eigenvalue weighted by molar-refractivity contribution is 0.165. The van der Waals surface area contributed by atoms with E-state index >= 15 is 0 Å². The molecule has 1 amide bonds. The summed E-state index contributed by atoms with van der Waals surface area (Å²) in [7, 11) is 1.38. The molecule has 1 fully saturated rings. The van der Waals surface area contributed by atoms with Crippen LogP contribution < -0.4 is 5.32 Å².